The van der Waals surface area contributed by atoms with Crippen molar-refractivity contribution >= 4 is 34.5 Å². The van der Waals surface area contributed by atoms with Gasteiger partial charge in [-0.2, -0.15) is 0 Å². The van der Waals surface area contributed by atoms with E-state index in [0.29, 0.717) is 6.42 Å². The lowest BCUT2D eigenvalue weighted by atomic mass is 10.1. The van der Waals surface area contributed by atoms with Gasteiger partial charge in [-0.1, -0.05) is 18.7 Å². The van der Waals surface area contributed by atoms with E-state index in [-0.39, 0.29) is 29.5 Å². The third-order valence-corrected chi connectivity index (χ3v) is 3.93. The molecule has 120 valence electrons. The van der Waals surface area contributed by atoms with Crippen molar-refractivity contribution in [3.05, 3.63) is 0 Å². The first-order valence-electron chi connectivity index (χ1n) is 6.67. The second kappa shape index (κ2) is 10.3. The van der Waals surface area contributed by atoms with Gasteiger partial charge < -0.3 is 15.7 Å². The van der Waals surface area contributed by atoms with Crippen molar-refractivity contribution in [3.8, 4) is 0 Å². The van der Waals surface area contributed by atoms with Gasteiger partial charge in [0.25, 0.3) is 0 Å². The summed E-state index contributed by atoms with van der Waals surface area (Å²) >= 11 is 1.00. The lowest BCUT2D eigenvalue weighted by Gasteiger charge is -2.20. The highest BCUT2D eigenvalue weighted by atomic mass is 32.2. The molecule has 0 aromatic rings. The zero-order valence-electron chi connectivity index (χ0n) is 12.5. The molecule has 0 rings (SSSR count). The molecule has 0 aromatic carbocycles. The molecule has 0 saturated carbocycles. The summed E-state index contributed by atoms with van der Waals surface area (Å²) in [6.45, 7) is 3.06. The first-order chi connectivity index (χ1) is 9.81. The number of nitrogens with one attached hydrogen (secondary N) is 2. The standard InChI is InChI=1S/C13H22N2O5S/c1-4-12(19)21-7-10(8(2)16)15-13(20)9(14-3)5-6-11(17)18/h9-10,14H,4-7H2,1-3H3,(H,15,20)(H,17,18)/t9-,10?/m0/s1. The number of aliphatic carboxylic acids is 1. The van der Waals surface area contributed by atoms with Crippen molar-refractivity contribution in [2.24, 2.45) is 0 Å². The number of hydrogen-bond donors (Lipinski definition) is 3. The van der Waals surface area contributed by atoms with E-state index >= 15 is 0 Å². The smallest absolute Gasteiger partial charge is 0.303 e. The van der Waals surface area contributed by atoms with Crippen LogP contribution in [0.25, 0.3) is 0 Å². The summed E-state index contributed by atoms with van der Waals surface area (Å²) in [5.74, 6) is -1.49. The molecule has 0 aliphatic heterocycles. The molecule has 0 bridgehead atoms. The summed E-state index contributed by atoms with van der Waals surface area (Å²) in [5.41, 5.74) is 0. The number of likely N-dealkylation sites (N-methyl/N-ethyl adjacent to an activating group) is 1. The van der Waals surface area contributed by atoms with Crippen molar-refractivity contribution in [3.63, 3.8) is 0 Å². The Morgan fingerprint density at radius 3 is 2.24 bits per heavy atom. The number of carboxylic acid groups (broad SMARTS) is 1. The fourth-order valence-electron chi connectivity index (χ4n) is 1.49. The summed E-state index contributed by atoms with van der Waals surface area (Å²) in [6, 6.07) is -1.44. The molecule has 0 fully saturated rings. The van der Waals surface area contributed by atoms with Crippen LogP contribution in [-0.2, 0) is 19.2 Å². The molecule has 0 saturated heterocycles. The van der Waals surface area contributed by atoms with Crippen LogP contribution in [0, 0.1) is 0 Å². The number of hydrogen-bond acceptors (Lipinski definition) is 6. The van der Waals surface area contributed by atoms with E-state index in [2.05, 4.69) is 10.6 Å². The number of rotatable bonds is 10. The second-order valence-electron chi connectivity index (χ2n) is 4.48. The van der Waals surface area contributed by atoms with Crippen LogP contribution in [0.4, 0.5) is 0 Å². The van der Waals surface area contributed by atoms with Crippen LogP contribution < -0.4 is 10.6 Å². The monoisotopic (exact) mass is 318 g/mol. The predicted octanol–water partition coefficient (Wildman–Crippen LogP) is 0.183. The summed E-state index contributed by atoms with van der Waals surface area (Å²) in [4.78, 5) is 45.3. The summed E-state index contributed by atoms with van der Waals surface area (Å²) in [6.07, 6.45) is 0.344. The van der Waals surface area contributed by atoms with E-state index < -0.39 is 24.0 Å². The van der Waals surface area contributed by atoms with Crippen LogP contribution in [0.2, 0.25) is 0 Å². The summed E-state index contributed by atoms with van der Waals surface area (Å²) < 4.78 is 0. The molecule has 0 heterocycles. The lowest BCUT2D eigenvalue weighted by Crippen LogP contribution is -2.50. The Morgan fingerprint density at radius 1 is 1.19 bits per heavy atom. The highest BCUT2D eigenvalue weighted by Crippen LogP contribution is 2.08. The molecule has 1 unspecified atom stereocenters. The van der Waals surface area contributed by atoms with Gasteiger partial charge in [-0.3, -0.25) is 19.2 Å². The molecule has 0 spiro atoms. The van der Waals surface area contributed by atoms with Gasteiger partial charge in [-0.25, -0.2) is 0 Å². The number of Topliss-reactive ketones (excluding diaryl/α,β-unsaturated/α-hetero) is 1. The van der Waals surface area contributed by atoms with E-state index in [4.69, 9.17) is 5.11 Å². The second-order valence-corrected chi connectivity index (χ2v) is 5.56. The first kappa shape index (κ1) is 19.6. The Balaban J connectivity index is 4.53. The molecule has 0 aromatic heterocycles. The normalized spacial score (nSPS) is 13.3. The minimum atomic E-state index is -0.990. The molecule has 0 radical (unpaired) electrons. The quantitative estimate of drug-likeness (QED) is 0.527. The first-order valence-corrected chi connectivity index (χ1v) is 7.65. The van der Waals surface area contributed by atoms with Gasteiger partial charge in [0.05, 0.1) is 12.1 Å². The largest absolute Gasteiger partial charge is 0.481 e. The Morgan fingerprint density at radius 2 is 1.81 bits per heavy atom. The van der Waals surface area contributed by atoms with Gasteiger partial charge >= 0.3 is 5.97 Å². The van der Waals surface area contributed by atoms with Crippen molar-refractivity contribution in [2.75, 3.05) is 12.8 Å². The van der Waals surface area contributed by atoms with Crippen LogP contribution in [0.1, 0.15) is 33.1 Å². The summed E-state index contributed by atoms with van der Waals surface area (Å²) in [7, 11) is 1.55. The fraction of sp³-hybridized carbons (Fsp3) is 0.692. The highest BCUT2D eigenvalue weighted by Gasteiger charge is 2.23. The van der Waals surface area contributed by atoms with Crippen molar-refractivity contribution < 1.29 is 24.3 Å². The number of carboxylic acids is 1. The van der Waals surface area contributed by atoms with Gasteiger partial charge in [0.2, 0.25) is 5.91 Å². The molecular weight excluding hydrogens is 296 g/mol. The number of carbonyl (C=O) groups excluding carboxylic acids is 3. The van der Waals surface area contributed by atoms with Crippen LogP contribution in [0.15, 0.2) is 0 Å². The molecule has 7 nitrogen and oxygen atoms in total. The Bertz CT molecular complexity index is 400. The number of carbonyl (C=O) groups is 4. The summed E-state index contributed by atoms with van der Waals surface area (Å²) in [5, 5.41) is 13.8. The van der Waals surface area contributed by atoms with E-state index in [9.17, 15) is 19.2 Å². The van der Waals surface area contributed by atoms with Crippen LogP contribution in [0.3, 0.4) is 0 Å². The maximum Gasteiger partial charge on any atom is 0.303 e. The minimum absolute atomic E-state index is 0.0495. The SMILES string of the molecule is CCC(=O)SCC(NC(=O)[C@H](CCC(=O)O)NC)C(C)=O. The van der Waals surface area contributed by atoms with Crippen molar-refractivity contribution in [1.29, 1.82) is 0 Å². The zero-order chi connectivity index (χ0) is 16.4. The molecule has 2 atom stereocenters. The van der Waals surface area contributed by atoms with E-state index in [1.165, 1.54) is 6.92 Å². The Hall–Kier alpha value is -1.41. The molecule has 3 N–H and O–H groups in total. The van der Waals surface area contributed by atoms with Gasteiger partial charge in [-0.15, -0.1) is 0 Å². The Labute approximate surface area is 128 Å². The average molecular weight is 318 g/mol. The van der Waals surface area contributed by atoms with Gasteiger partial charge in [0.15, 0.2) is 10.9 Å². The van der Waals surface area contributed by atoms with Crippen LogP contribution in [-0.4, -0.2) is 52.8 Å². The zero-order valence-corrected chi connectivity index (χ0v) is 13.3. The molecule has 0 aliphatic rings. The fourth-order valence-corrected chi connectivity index (χ4v) is 2.36. The average Bonchev–Trinajstić information content (AvgIpc) is 2.42. The maximum atomic E-state index is 12.0. The van der Waals surface area contributed by atoms with Crippen molar-refractivity contribution in [1.82, 2.24) is 10.6 Å². The topological polar surface area (TPSA) is 113 Å². The maximum absolute atomic E-state index is 12.0. The van der Waals surface area contributed by atoms with Crippen LogP contribution >= 0.6 is 11.8 Å². The highest BCUT2D eigenvalue weighted by molar-refractivity contribution is 8.13. The number of ketones is 1. The van der Waals surface area contributed by atoms with Gasteiger partial charge in [0.1, 0.15) is 0 Å². The minimum Gasteiger partial charge on any atom is -0.481 e. The molecular formula is C13H22N2O5S. The lowest BCUT2D eigenvalue weighted by molar-refractivity contribution is -0.137. The third kappa shape index (κ3) is 8.46. The molecule has 21 heavy (non-hydrogen) atoms. The molecule has 1 amide bonds. The predicted molar refractivity (Wildman–Crippen MR) is 80.1 cm³/mol. The van der Waals surface area contributed by atoms with Gasteiger partial charge in [-0.05, 0) is 20.4 Å². The van der Waals surface area contributed by atoms with Gasteiger partial charge in [0, 0.05) is 18.6 Å². The van der Waals surface area contributed by atoms with E-state index in [0.717, 1.165) is 11.8 Å². The van der Waals surface area contributed by atoms with E-state index in [1.54, 1.807) is 14.0 Å². The van der Waals surface area contributed by atoms with Crippen LogP contribution in [0.5, 0.6) is 0 Å². The number of thioether (sulfide) groups is 1. The molecule has 8 heteroatoms. The Kier molecular flexibility index (Phi) is 9.64. The number of amides is 1. The van der Waals surface area contributed by atoms with E-state index in [1.807, 2.05) is 0 Å². The third-order valence-electron chi connectivity index (χ3n) is 2.82. The molecule has 0 aliphatic carbocycles. The van der Waals surface area contributed by atoms with Crippen molar-refractivity contribution in [2.45, 2.75) is 45.2 Å².